The molecule has 1 unspecified atom stereocenters. The van der Waals surface area contributed by atoms with E-state index < -0.39 is 0 Å². The summed E-state index contributed by atoms with van der Waals surface area (Å²) in [7, 11) is 0. The maximum absolute atomic E-state index is 5.75. The molecule has 104 valence electrons. The van der Waals surface area contributed by atoms with Crippen LogP contribution in [0.2, 0.25) is 0 Å². The molecule has 2 rings (SSSR count). The molecule has 0 amide bonds. The lowest BCUT2D eigenvalue weighted by Crippen LogP contribution is -1.96. The largest absolute Gasteiger partial charge is 0.489 e. The Morgan fingerprint density at radius 3 is 2.40 bits per heavy atom. The second-order valence-corrected chi connectivity index (χ2v) is 4.88. The van der Waals surface area contributed by atoms with Gasteiger partial charge in [-0.25, -0.2) is 0 Å². The fraction of sp³-hybridized carbons (Fsp3) is 0.278. The van der Waals surface area contributed by atoms with Crippen molar-refractivity contribution in [3.63, 3.8) is 0 Å². The molecule has 0 fully saturated rings. The average Bonchev–Trinajstić information content (AvgIpc) is 2.52. The van der Waals surface area contributed by atoms with E-state index in [2.05, 4.69) is 31.0 Å². The Balaban J connectivity index is 1.90. The zero-order valence-corrected chi connectivity index (χ0v) is 12.1. The summed E-state index contributed by atoms with van der Waals surface area (Å²) in [6.45, 7) is 4.86. The van der Waals surface area contributed by atoms with Crippen LogP contribution in [0.3, 0.4) is 0 Å². The molecule has 0 saturated heterocycles. The van der Waals surface area contributed by atoms with Gasteiger partial charge >= 0.3 is 0 Å². The quantitative estimate of drug-likeness (QED) is 0.707. The predicted molar refractivity (Wildman–Crippen MR) is 84.6 cm³/mol. The monoisotopic (exact) mass is 267 g/mol. The Morgan fingerprint density at radius 1 is 1.05 bits per heavy atom. The minimum atomic E-state index is 0.379. The second-order valence-electron chi connectivity index (χ2n) is 4.88. The highest BCUT2D eigenvalue weighted by molar-refractivity contribution is 5.79. The number of rotatable bonds is 6. The van der Waals surface area contributed by atoms with Gasteiger partial charge < -0.3 is 4.74 Å². The van der Waals surface area contributed by atoms with Crippen molar-refractivity contribution in [1.29, 1.82) is 0 Å². The van der Waals surface area contributed by atoms with Gasteiger partial charge in [0.25, 0.3) is 0 Å². The first-order chi connectivity index (χ1) is 9.78. The van der Waals surface area contributed by atoms with Crippen LogP contribution in [0, 0.1) is 0 Å². The number of ether oxygens (including phenoxy) is 1. The molecule has 2 heteroatoms. The van der Waals surface area contributed by atoms with Gasteiger partial charge in [0.05, 0.1) is 0 Å². The highest BCUT2D eigenvalue weighted by atomic mass is 16.5. The van der Waals surface area contributed by atoms with Gasteiger partial charge in [0.2, 0.25) is 0 Å². The summed E-state index contributed by atoms with van der Waals surface area (Å²) in [5.74, 6) is 0.884. The van der Waals surface area contributed by atoms with E-state index in [-0.39, 0.29) is 0 Å². The average molecular weight is 267 g/mol. The van der Waals surface area contributed by atoms with Crippen LogP contribution in [0.15, 0.2) is 59.6 Å². The van der Waals surface area contributed by atoms with Crippen molar-refractivity contribution in [1.82, 2.24) is 0 Å². The van der Waals surface area contributed by atoms with Crippen LogP contribution in [0.5, 0.6) is 5.75 Å². The van der Waals surface area contributed by atoms with Gasteiger partial charge in [0.1, 0.15) is 12.4 Å². The molecular formula is C18H21NO. The molecule has 0 bridgehead atoms. The van der Waals surface area contributed by atoms with Crippen molar-refractivity contribution < 1.29 is 4.74 Å². The minimum absolute atomic E-state index is 0.379. The van der Waals surface area contributed by atoms with Crippen molar-refractivity contribution in [2.24, 2.45) is 4.99 Å². The topological polar surface area (TPSA) is 21.6 Å². The van der Waals surface area contributed by atoms with Gasteiger partial charge in [-0.05, 0) is 48.7 Å². The van der Waals surface area contributed by atoms with Gasteiger partial charge in [-0.1, -0.05) is 37.3 Å². The zero-order valence-electron chi connectivity index (χ0n) is 12.1. The van der Waals surface area contributed by atoms with Crippen LogP contribution in [0.25, 0.3) is 0 Å². The van der Waals surface area contributed by atoms with E-state index in [0.717, 1.165) is 17.7 Å². The van der Waals surface area contributed by atoms with E-state index in [1.165, 1.54) is 5.56 Å². The van der Waals surface area contributed by atoms with Crippen molar-refractivity contribution in [2.45, 2.75) is 32.9 Å². The van der Waals surface area contributed by atoms with E-state index in [1.54, 1.807) is 0 Å². The molecule has 0 spiro atoms. The molecule has 2 nitrogen and oxygen atoms in total. The summed E-state index contributed by atoms with van der Waals surface area (Å²) < 4.78 is 5.75. The fourth-order valence-corrected chi connectivity index (χ4v) is 1.71. The highest BCUT2D eigenvalue weighted by Crippen LogP contribution is 2.13. The van der Waals surface area contributed by atoms with Crippen LogP contribution >= 0.6 is 0 Å². The Bertz CT molecular complexity index is 531. The summed E-state index contributed by atoms with van der Waals surface area (Å²) >= 11 is 0. The van der Waals surface area contributed by atoms with Gasteiger partial charge in [0, 0.05) is 12.3 Å². The Hall–Kier alpha value is -2.09. The normalized spacial score (nSPS) is 12.5. The third-order valence-electron chi connectivity index (χ3n) is 3.20. The third kappa shape index (κ3) is 4.54. The van der Waals surface area contributed by atoms with Crippen LogP contribution in [-0.4, -0.2) is 12.3 Å². The second kappa shape index (κ2) is 7.49. The maximum atomic E-state index is 5.75. The SMILES string of the molecule is CCC(C)/N=C/c1ccc(OCc2ccccc2)cc1. The lowest BCUT2D eigenvalue weighted by atomic mass is 10.2. The number of nitrogens with zero attached hydrogens (tertiary/aromatic N) is 1. The predicted octanol–water partition coefficient (Wildman–Crippen LogP) is 4.48. The van der Waals surface area contributed by atoms with Crippen LogP contribution in [-0.2, 0) is 6.61 Å². The van der Waals surface area contributed by atoms with E-state index in [1.807, 2.05) is 48.7 Å². The molecule has 0 heterocycles. The summed E-state index contributed by atoms with van der Waals surface area (Å²) in [6, 6.07) is 18.6. The number of hydrogen-bond donors (Lipinski definition) is 0. The molecule has 1 atom stereocenters. The molecule has 2 aromatic carbocycles. The summed E-state index contributed by atoms with van der Waals surface area (Å²) in [5.41, 5.74) is 2.28. The van der Waals surface area contributed by atoms with Crippen LogP contribution in [0.4, 0.5) is 0 Å². The molecule has 0 aliphatic rings. The highest BCUT2D eigenvalue weighted by Gasteiger charge is 1.96. The molecular weight excluding hydrogens is 246 g/mol. The van der Waals surface area contributed by atoms with E-state index in [4.69, 9.17) is 4.74 Å². The molecule has 0 aliphatic carbocycles. The first kappa shape index (κ1) is 14.3. The minimum Gasteiger partial charge on any atom is -0.489 e. The fourth-order valence-electron chi connectivity index (χ4n) is 1.71. The molecule has 0 aliphatic heterocycles. The summed E-state index contributed by atoms with van der Waals surface area (Å²) in [5, 5.41) is 0. The summed E-state index contributed by atoms with van der Waals surface area (Å²) in [6.07, 6.45) is 2.99. The van der Waals surface area contributed by atoms with E-state index in [9.17, 15) is 0 Å². The van der Waals surface area contributed by atoms with E-state index >= 15 is 0 Å². The van der Waals surface area contributed by atoms with Gasteiger partial charge in [-0.2, -0.15) is 0 Å². The summed E-state index contributed by atoms with van der Waals surface area (Å²) in [4.78, 5) is 4.47. The molecule has 0 radical (unpaired) electrons. The first-order valence-electron chi connectivity index (χ1n) is 7.08. The molecule has 0 aromatic heterocycles. The van der Waals surface area contributed by atoms with Crippen molar-refractivity contribution in [3.8, 4) is 5.75 Å². The number of aliphatic imine (C=N–C) groups is 1. The standard InChI is InChI=1S/C18H21NO/c1-3-15(2)19-13-16-9-11-18(12-10-16)20-14-17-7-5-4-6-8-17/h4-13,15H,3,14H2,1-2H3/b19-13+. The third-order valence-corrected chi connectivity index (χ3v) is 3.20. The number of benzene rings is 2. The maximum Gasteiger partial charge on any atom is 0.119 e. The number of hydrogen-bond acceptors (Lipinski definition) is 2. The molecule has 20 heavy (non-hydrogen) atoms. The smallest absolute Gasteiger partial charge is 0.119 e. The molecule has 0 saturated carbocycles. The van der Waals surface area contributed by atoms with Crippen LogP contribution in [0.1, 0.15) is 31.4 Å². The Labute approximate surface area is 121 Å². The first-order valence-corrected chi connectivity index (χ1v) is 7.08. The van der Waals surface area contributed by atoms with Crippen molar-refractivity contribution in [3.05, 3.63) is 65.7 Å². The van der Waals surface area contributed by atoms with E-state index in [0.29, 0.717) is 12.6 Å². The van der Waals surface area contributed by atoms with Crippen LogP contribution < -0.4 is 4.74 Å². The Kier molecular flexibility index (Phi) is 5.36. The van der Waals surface area contributed by atoms with Gasteiger partial charge in [-0.3, -0.25) is 4.99 Å². The molecule has 0 N–H and O–H groups in total. The van der Waals surface area contributed by atoms with Gasteiger partial charge in [0.15, 0.2) is 0 Å². The zero-order chi connectivity index (χ0) is 14.2. The molecule has 2 aromatic rings. The van der Waals surface area contributed by atoms with Crippen molar-refractivity contribution >= 4 is 6.21 Å². The lowest BCUT2D eigenvalue weighted by Gasteiger charge is -2.06. The van der Waals surface area contributed by atoms with Gasteiger partial charge in [-0.15, -0.1) is 0 Å². The Morgan fingerprint density at radius 2 is 1.75 bits per heavy atom. The lowest BCUT2D eigenvalue weighted by molar-refractivity contribution is 0.306. The van der Waals surface area contributed by atoms with Crippen molar-refractivity contribution in [2.75, 3.05) is 0 Å².